The highest BCUT2D eigenvalue weighted by molar-refractivity contribution is 5.80. The van der Waals surface area contributed by atoms with Crippen molar-refractivity contribution >= 4 is 11.7 Å². The molecule has 1 N–H and O–H groups in total. The van der Waals surface area contributed by atoms with Crippen molar-refractivity contribution in [3.05, 3.63) is 53.7 Å². The van der Waals surface area contributed by atoms with E-state index in [0.29, 0.717) is 25.4 Å². The van der Waals surface area contributed by atoms with Gasteiger partial charge < -0.3 is 10.2 Å². The van der Waals surface area contributed by atoms with Crippen LogP contribution in [0.15, 0.2) is 36.7 Å². The van der Waals surface area contributed by atoms with Crippen molar-refractivity contribution in [1.82, 2.24) is 14.9 Å². The largest absolute Gasteiger partial charge is 0.365 e. The van der Waals surface area contributed by atoms with Gasteiger partial charge in [-0.25, -0.2) is 14.4 Å². The first-order valence-electron chi connectivity index (χ1n) is 8.78. The molecular weight excluding hydrogens is 319 g/mol. The van der Waals surface area contributed by atoms with E-state index in [1.807, 2.05) is 11.0 Å². The van der Waals surface area contributed by atoms with Gasteiger partial charge in [-0.3, -0.25) is 4.79 Å². The topological polar surface area (TPSA) is 58.1 Å². The van der Waals surface area contributed by atoms with Crippen LogP contribution in [0.4, 0.5) is 10.2 Å². The summed E-state index contributed by atoms with van der Waals surface area (Å²) in [5.74, 6) is 1.30. The Kier molecular flexibility index (Phi) is 4.34. The number of amides is 1. The summed E-state index contributed by atoms with van der Waals surface area (Å²) in [6.07, 6.45) is 5.22. The average molecular weight is 340 g/mol. The lowest BCUT2D eigenvalue weighted by molar-refractivity contribution is -0.127. The molecule has 1 aromatic heterocycles. The van der Waals surface area contributed by atoms with E-state index in [2.05, 4.69) is 15.3 Å². The normalized spacial score (nSPS) is 20.1. The molecule has 1 aliphatic carbocycles. The van der Waals surface area contributed by atoms with Crippen LogP contribution in [0.2, 0.25) is 0 Å². The number of rotatable bonds is 6. The molecule has 0 unspecified atom stereocenters. The van der Waals surface area contributed by atoms with Crippen LogP contribution in [0.3, 0.4) is 0 Å². The van der Waals surface area contributed by atoms with Crippen LogP contribution >= 0.6 is 0 Å². The van der Waals surface area contributed by atoms with Gasteiger partial charge in [0, 0.05) is 37.2 Å². The highest BCUT2D eigenvalue weighted by Crippen LogP contribution is 2.39. The predicted octanol–water partition coefficient (Wildman–Crippen LogP) is 2.75. The summed E-state index contributed by atoms with van der Waals surface area (Å²) in [4.78, 5) is 22.7. The van der Waals surface area contributed by atoms with Crippen molar-refractivity contribution < 1.29 is 9.18 Å². The molecule has 1 saturated heterocycles. The number of carbonyl (C=O) groups is 1. The molecule has 6 heteroatoms. The Bertz CT molecular complexity index is 760. The maximum atomic E-state index is 12.9. The number of halogens is 1. The molecular formula is C19H21FN4O. The lowest BCUT2D eigenvalue weighted by Crippen LogP contribution is -2.30. The Morgan fingerprint density at radius 3 is 2.76 bits per heavy atom. The zero-order valence-corrected chi connectivity index (χ0v) is 14.0. The van der Waals surface area contributed by atoms with Gasteiger partial charge in [0.05, 0.1) is 6.04 Å². The van der Waals surface area contributed by atoms with Gasteiger partial charge in [0.1, 0.15) is 18.0 Å². The summed E-state index contributed by atoms with van der Waals surface area (Å²) in [5.41, 5.74) is 2.13. The van der Waals surface area contributed by atoms with Crippen molar-refractivity contribution in [3.8, 4) is 0 Å². The fourth-order valence-electron chi connectivity index (χ4n) is 3.26. The number of nitrogens with one attached hydrogen (secondary N) is 1. The first-order valence-corrected chi connectivity index (χ1v) is 8.78. The van der Waals surface area contributed by atoms with Gasteiger partial charge in [0.2, 0.25) is 5.91 Å². The van der Waals surface area contributed by atoms with E-state index in [1.165, 1.54) is 25.0 Å². The number of carbonyl (C=O) groups excluding carboxylic acids is 1. The molecule has 130 valence electrons. The van der Waals surface area contributed by atoms with Crippen LogP contribution in [0.25, 0.3) is 0 Å². The number of anilines is 1. The maximum absolute atomic E-state index is 12.9. The van der Waals surface area contributed by atoms with Crippen LogP contribution in [-0.2, 0) is 11.2 Å². The van der Waals surface area contributed by atoms with Crippen LogP contribution < -0.4 is 5.32 Å². The third-order valence-corrected chi connectivity index (χ3v) is 4.83. The molecule has 2 heterocycles. The van der Waals surface area contributed by atoms with Gasteiger partial charge in [0.25, 0.3) is 0 Å². The Labute approximate surface area is 146 Å². The first kappa shape index (κ1) is 16.0. The number of hydrogen-bond acceptors (Lipinski definition) is 4. The summed E-state index contributed by atoms with van der Waals surface area (Å²) < 4.78 is 12.9. The summed E-state index contributed by atoms with van der Waals surface area (Å²) in [5, 5.41) is 3.37. The summed E-state index contributed by atoms with van der Waals surface area (Å²) in [6, 6.07) is 8.53. The second-order valence-corrected chi connectivity index (χ2v) is 6.86. The highest BCUT2D eigenvalue weighted by atomic mass is 19.1. The Balaban J connectivity index is 1.32. The molecule has 25 heavy (non-hydrogen) atoms. The SMILES string of the molecule is O=C1C[C@@H](Nc2cc(C3CC3)ncn2)CN1CCc1ccc(F)cc1. The van der Waals surface area contributed by atoms with E-state index < -0.39 is 0 Å². The molecule has 1 saturated carbocycles. The smallest absolute Gasteiger partial charge is 0.224 e. The molecule has 4 rings (SSSR count). The standard InChI is InChI=1S/C19H21FN4O/c20-15-5-1-13(2-6-15)7-8-24-11-16(9-19(24)25)23-18-10-17(14-3-4-14)21-12-22-18/h1-2,5-6,10,12,14,16H,3-4,7-9,11H2,(H,21,22,23)/t16-/m1/s1. The predicted molar refractivity (Wildman–Crippen MR) is 92.7 cm³/mol. The minimum absolute atomic E-state index is 0.0719. The Morgan fingerprint density at radius 2 is 2.00 bits per heavy atom. The third kappa shape index (κ3) is 3.95. The molecule has 0 spiro atoms. The second kappa shape index (κ2) is 6.78. The number of nitrogens with zero attached hydrogens (tertiary/aromatic N) is 3. The van der Waals surface area contributed by atoms with Gasteiger partial charge in [-0.05, 0) is 37.0 Å². The van der Waals surface area contributed by atoms with Crippen molar-refractivity contribution in [2.45, 2.75) is 37.6 Å². The monoisotopic (exact) mass is 340 g/mol. The lowest BCUT2D eigenvalue weighted by Gasteiger charge is -2.17. The fraction of sp³-hybridized carbons (Fsp3) is 0.421. The van der Waals surface area contributed by atoms with Gasteiger partial charge in [-0.2, -0.15) is 0 Å². The second-order valence-electron chi connectivity index (χ2n) is 6.86. The Hall–Kier alpha value is -2.50. The van der Waals surface area contributed by atoms with E-state index >= 15 is 0 Å². The summed E-state index contributed by atoms with van der Waals surface area (Å²) in [7, 11) is 0. The molecule has 2 fully saturated rings. The molecule has 0 radical (unpaired) electrons. The number of hydrogen-bond donors (Lipinski definition) is 1. The van der Waals surface area contributed by atoms with Crippen molar-refractivity contribution in [3.63, 3.8) is 0 Å². The van der Waals surface area contributed by atoms with Crippen LogP contribution in [0.5, 0.6) is 0 Å². The molecule has 1 amide bonds. The minimum atomic E-state index is -0.235. The molecule has 5 nitrogen and oxygen atoms in total. The fourth-order valence-corrected chi connectivity index (χ4v) is 3.26. The van der Waals surface area contributed by atoms with Crippen LogP contribution in [-0.4, -0.2) is 39.9 Å². The lowest BCUT2D eigenvalue weighted by atomic mass is 10.1. The van der Waals surface area contributed by atoms with Crippen molar-refractivity contribution in [2.75, 3.05) is 18.4 Å². The zero-order chi connectivity index (χ0) is 17.2. The molecule has 1 aliphatic heterocycles. The van der Waals surface area contributed by atoms with E-state index in [1.54, 1.807) is 18.5 Å². The molecule has 1 atom stereocenters. The number of benzene rings is 1. The molecule has 0 bridgehead atoms. The quantitative estimate of drug-likeness (QED) is 0.878. The third-order valence-electron chi connectivity index (χ3n) is 4.83. The summed E-state index contributed by atoms with van der Waals surface area (Å²) in [6.45, 7) is 1.32. The minimum Gasteiger partial charge on any atom is -0.365 e. The van der Waals surface area contributed by atoms with Gasteiger partial charge >= 0.3 is 0 Å². The van der Waals surface area contributed by atoms with Gasteiger partial charge in [-0.15, -0.1) is 0 Å². The maximum Gasteiger partial charge on any atom is 0.224 e. The number of likely N-dealkylation sites (tertiary alicyclic amines) is 1. The van der Waals surface area contributed by atoms with E-state index in [4.69, 9.17) is 0 Å². The van der Waals surface area contributed by atoms with Gasteiger partial charge in [0.15, 0.2) is 0 Å². The van der Waals surface area contributed by atoms with Crippen molar-refractivity contribution in [1.29, 1.82) is 0 Å². The van der Waals surface area contributed by atoms with Crippen LogP contribution in [0.1, 0.15) is 36.4 Å². The highest BCUT2D eigenvalue weighted by Gasteiger charge is 2.30. The first-order chi connectivity index (χ1) is 12.2. The molecule has 2 aromatic rings. The molecule has 2 aliphatic rings. The molecule has 1 aromatic carbocycles. The average Bonchev–Trinajstić information content (AvgIpc) is 3.40. The van der Waals surface area contributed by atoms with E-state index in [-0.39, 0.29) is 17.8 Å². The van der Waals surface area contributed by atoms with Gasteiger partial charge in [-0.1, -0.05) is 12.1 Å². The Morgan fingerprint density at radius 1 is 1.20 bits per heavy atom. The van der Waals surface area contributed by atoms with E-state index in [0.717, 1.165) is 23.5 Å². The number of aromatic nitrogens is 2. The summed E-state index contributed by atoms with van der Waals surface area (Å²) >= 11 is 0. The van der Waals surface area contributed by atoms with E-state index in [9.17, 15) is 9.18 Å². The van der Waals surface area contributed by atoms with Crippen LogP contribution in [0, 0.1) is 5.82 Å². The van der Waals surface area contributed by atoms with Crippen molar-refractivity contribution in [2.24, 2.45) is 0 Å². The zero-order valence-electron chi connectivity index (χ0n) is 14.0.